The van der Waals surface area contributed by atoms with E-state index in [4.69, 9.17) is 4.74 Å². The van der Waals surface area contributed by atoms with Gasteiger partial charge in [0.15, 0.2) is 5.16 Å². The van der Waals surface area contributed by atoms with Crippen LogP contribution in [0.4, 0.5) is 0 Å². The molecule has 0 aliphatic carbocycles. The average molecular weight is 311 g/mol. The first kappa shape index (κ1) is 16.4. The van der Waals surface area contributed by atoms with E-state index in [1.54, 1.807) is 11.8 Å². The molecule has 1 aromatic heterocycles. The zero-order chi connectivity index (χ0) is 15.4. The number of rotatable bonds is 5. The molecule has 1 aromatic rings. The summed E-state index contributed by atoms with van der Waals surface area (Å²) in [7, 11) is 0. The topological polar surface area (TPSA) is 47.4 Å². The third-order valence-corrected chi connectivity index (χ3v) is 4.62. The Morgan fingerprint density at radius 3 is 2.62 bits per heavy atom. The number of amides is 1. The molecule has 0 bridgehead atoms. The van der Waals surface area contributed by atoms with Crippen molar-refractivity contribution in [3.63, 3.8) is 0 Å². The summed E-state index contributed by atoms with van der Waals surface area (Å²) < 4.78 is 7.51. The van der Waals surface area contributed by atoms with Crippen molar-refractivity contribution in [2.75, 3.05) is 32.1 Å². The number of aromatic nitrogens is 2. The first-order valence-electron chi connectivity index (χ1n) is 7.51. The zero-order valence-electron chi connectivity index (χ0n) is 13.4. The maximum Gasteiger partial charge on any atom is 0.233 e. The Kier molecular flexibility index (Phi) is 5.70. The van der Waals surface area contributed by atoms with E-state index < -0.39 is 0 Å². The third kappa shape index (κ3) is 4.23. The van der Waals surface area contributed by atoms with Crippen molar-refractivity contribution >= 4 is 17.7 Å². The number of carbonyl (C=O) groups is 1. The van der Waals surface area contributed by atoms with Crippen molar-refractivity contribution in [2.24, 2.45) is 5.92 Å². The molecule has 5 nitrogen and oxygen atoms in total. The van der Waals surface area contributed by atoms with Gasteiger partial charge in [-0.1, -0.05) is 25.6 Å². The molecule has 0 unspecified atom stereocenters. The molecule has 1 aliphatic heterocycles. The molecule has 1 aliphatic rings. The van der Waals surface area contributed by atoms with E-state index in [1.165, 1.54) is 5.69 Å². The number of hydrogen-bond acceptors (Lipinski definition) is 4. The fourth-order valence-corrected chi connectivity index (χ4v) is 3.35. The number of morpholine rings is 1. The van der Waals surface area contributed by atoms with Gasteiger partial charge in [-0.15, -0.1) is 0 Å². The van der Waals surface area contributed by atoms with Crippen molar-refractivity contribution in [1.82, 2.24) is 14.5 Å². The SMILES string of the molecule is Cc1nc(SCC(=O)N2CCOCC2)n(CC(C)C)c1C. The van der Waals surface area contributed by atoms with Gasteiger partial charge in [-0.25, -0.2) is 4.98 Å². The van der Waals surface area contributed by atoms with Gasteiger partial charge >= 0.3 is 0 Å². The van der Waals surface area contributed by atoms with Gasteiger partial charge in [0, 0.05) is 25.3 Å². The molecule has 1 amide bonds. The molecule has 0 radical (unpaired) electrons. The van der Waals surface area contributed by atoms with E-state index in [0.29, 0.717) is 38.0 Å². The van der Waals surface area contributed by atoms with Crippen molar-refractivity contribution in [3.8, 4) is 0 Å². The van der Waals surface area contributed by atoms with Crippen LogP contribution in [-0.2, 0) is 16.1 Å². The van der Waals surface area contributed by atoms with Crippen molar-refractivity contribution in [1.29, 1.82) is 0 Å². The van der Waals surface area contributed by atoms with Gasteiger partial charge in [-0.2, -0.15) is 0 Å². The minimum Gasteiger partial charge on any atom is -0.378 e. The Morgan fingerprint density at radius 1 is 1.33 bits per heavy atom. The second-order valence-corrected chi connectivity index (χ2v) is 6.79. The second kappa shape index (κ2) is 7.31. The number of ether oxygens (including phenoxy) is 1. The summed E-state index contributed by atoms with van der Waals surface area (Å²) in [6.07, 6.45) is 0. The summed E-state index contributed by atoms with van der Waals surface area (Å²) in [5.41, 5.74) is 2.25. The average Bonchev–Trinajstić information content (AvgIpc) is 2.73. The first-order valence-corrected chi connectivity index (χ1v) is 8.49. The fourth-order valence-electron chi connectivity index (χ4n) is 2.34. The highest BCUT2D eigenvalue weighted by molar-refractivity contribution is 7.99. The molecule has 0 spiro atoms. The molecule has 1 saturated heterocycles. The molecule has 0 N–H and O–H groups in total. The minimum atomic E-state index is 0.178. The molecular formula is C15H25N3O2S. The molecule has 0 atom stereocenters. The third-order valence-electron chi connectivity index (χ3n) is 3.66. The standard InChI is InChI=1S/C15H25N3O2S/c1-11(2)9-18-13(4)12(3)16-15(18)21-10-14(19)17-5-7-20-8-6-17/h11H,5-10H2,1-4H3. The van der Waals surface area contributed by atoms with Crippen LogP contribution in [-0.4, -0.2) is 52.4 Å². The smallest absolute Gasteiger partial charge is 0.233 e. The molecule has 2 heterocycles. The van der Waals surface area contributed by atoms with Gasteiger partial charge in [-0.05, 0) is 19.8 Å². The lowest BCUT2D eigenvalue weighted by Gasteiger charge is -2.26. The molecule has 0 aromatic carbocycles. The van der Waals surface area contributed by atoms with Crippen LogP contribution in [0.1, 0.15) is 25.2 Å². The van der Waals surface area contributed by atoms with Crippen LogP contribution in [0.15, 0.2) is 5.16 Å². The summed E-state index contributed by atoms with van der Waals surface area (Å²) in [5.74, 6) is 1.19. The van der Waals surface area contributed by atoms with Gasteiger partial charge in [0.25, 0.3) is 0 Å². The van der Waals surface area contributed by atoms with Crippen LogP contribution in [0.5, 0.6) is 0 Å². The van der Waals surface area contributed by atoms with E-state index in [1.807, 2.05) is 11.8 Å². The first-order chi connectivity index (χ1) is 9.99. The van der Waals surface area contributed by atoms with Gasteiger partial charge in [0.2, 0.25) is 5.91 Å². The highest BCUT2D eigenvalue weighted by Gasteiger charge is 2.19. The monoisotopic (exact) mass is 311 g/mol. The number of carbonyl (C=O) groups excluding carboxylic acids is 1. The van der Waals surface area contributed by atoms with E-state index in [2.05, 4.69) is 30.3 Å². The van der Waals surface area contributed by atoms with Crippen molar-refractivity contribution < 1.29 is 9.53 Å². The highest BCUT2D eigenvalue weighted by atomic mass is 32.2. The molecule has 21 heavy (non-hydrogen) atoms. The van der Waals surface area contributed by atoms with Crippen molar-refractivity contribution in [2.45, 2.75) is 39.4 Å². The molecule has 6 heteroatoms. The lowest BCUT2D eigenvalue weighted by molar-refractivity contribution is -0.132. The van der Waals surface area contributed by atoms with Crippen LogP contribution in [0.3, 0.4) is 0 Å². The van der Waals surface area contributed by atoms with Crippen LogP contribution in [0, 0.1) is 19.8 Å². The van der Waals surface area contributed by atoms with E-state index in [9.17, 15) is 4.79 Å². The Morgan fingerprint density at radius 2 is 2.00 bits per heavy atom. The van der Waals surface area contributed by atoms with E-state index in [0.717, 1.165) is 17.4 Å². The summed E-state index contributed by atoms with van der Waals surface area (Å²) in [4.78, 5) is 18.7. The Hall–Kier alpha value is -1.01. The Labute approximate surface area is 131 Å². The fraction of sp³-hybridized carbons (Fsp3) is 0.733. The van der Waals surface area contributed by atoms with Crippen LogP contribution in [0.2, 0.25) is 0 Å². The lowest BCUT2D eigenvalue weighted by atomic mass is 10.2. The highest BCUT2D eigenvalue weighted by Crippen LogP contribution is 2.23. The lowest BCUT2D eigenvalue weighted by Crippen LogP contribution is -2.41. The minimum absolute atomic E-state index is 0.178. The maximum atomic E-state index is 12.2. The van der Waals surface area contributed by atoms with E-state index >= 15 is 0 Å². The number of nitrogens with zero attached hydrogens (tertiary/aromatic N) is 3. The summed E-state index contributed by atoms with van der Waals surface area (Å²) in [5, 5.41) is 0.959. The van der Waals surface area contributed by atoms with Crippen LogP contribution >= 0.6 is 11.8 Å². The van der Waals surface area contributed by atoms with Gasteiger partial charge in [-0.3, -0.25) is 4.79 Å². The predicted molar refractivity (Wildman–Crippen MR) is 84.7 cm³/mol. The molecular weight excluding hydrogens is 286 g/mol. The summed E-state index contributed by atoms with van der Waals surface area (Å²) in [6, 6.07) is 0. The zero-order valence-corrected chi connectivity index (χ0v) is 14.2. The Bertz CT molecular complexity index is 493. The summed E-state index contributed by atoms with van der Waals surface area (Å²) >= 11 is 1.55. The number of hydrogen-bond donors (Lipinski definition) is 0. The van der Waals surface area contributed by atoms with Gasteiger partial charge in [0.05, 0.1) is 24.7 Å². The largest absolute Gasteiger partial charge is 0.378 e. The second-order valence-electron chi connectivity index (χ2n) is 5.85. The quantitative estimate of drug-likeness (QED) is 0.781. The van der Waals surface area contributed by atoms with Crippen LogP contribution < -0.4 is 0 Å². The number of imidazole rings is 1. The molecule has 2 rings (SSSR count). The summed E-state index contributed by atoms with van der Waals surface area (Å²) in [6.45, 7) is 12.2. The normalized spacial score (nSPS) is 15.8. The van der Waals surface area contributed by atoms with Gasteiger partial charge in [0.1, 0.15) is 0 Å². The van der Waals surface area contributed by atoms with Crippen molar-refractivity contribution in [3.05, 3.63) is 11.4 Å². The Balaban J connectivity index is 1.99. The molecule has 1 fully saturated rings. The van der Waals surface area contributed by atoms with Crippen LogP contribution in [0.25, 0.3) is 0 Å². The molecule has 0 saturated carbocycles. The molecule has 118 valence electrons. The predicted octanol–water partition coefficient (Wildman–Crippen LogP) is 2.11. The number of aryl methyl sites for hydroxylation is 1. The number of thioether (sulfide) groups is 1. The van der Waals surface area contributed by atoms with Gasteiger partial charge < -0.3 is 14.2 Å². The van der Waals surface area contributed by atoms with E-state index in [-0.39, 0.29) is 5.91 Å². The maximum absolute atomic E-state index is 12.2.